The van der Waals surface area contributed by atoms with Gasteiger partial charge in [0.25, 0.3) is 0 Å². The van der Waals surface area contributed by atoms with Gasteiger partial charge in [-0.15, -0.1) is 0 Å². The van der Waals surface area contributed by atoms with E-state index in [0.717, 1.165) is 32.1 Å². The summed E-state index contributed by atoms with van der Waals surface area (Å²) in [6.07, 6.45) is 2.97. The minimum atomic E-state index is -2.44. The fraction of sp³-hybridized carbons (Fsp3) is 0.478. The van der Waals surface area contributed by atoms with E-state index < -0.39 is 53.2 Å². The molecule has 1 aliphatic carbocycles. The van der Waals surface area contributed by atoms with Gasteiger partial charge in [0, 0.05) is 8.30 Å². The Morgan fingerprint density at radius 3 is 2.26 bits per heavy atom. The molecule has 1 saturated carbocycles. The fourth-order valence-corrected chi connectivity index (χ4v) is 3.95. The molecule has 0 saturated heterocycles. The van der Waals surface area contributed by atoms with Gasteiger partial charge in [-0.25, -0.2) is 17.6 Å². The van der Waals surface area contributed by atoms with E-state index in [0.29, 0.717) is 23.6 Å². The fourth-order valence-electron chi connectivity index (χ4n) is 3.95. The Morgan fingerprint density at radius 1 is 0.963 bits per heavy atom. The topological polar surface area (TPSA) is 0 Å². The van der Waals surface area contributed by atoms with Crippen molar-refractivity contribution in [3.05, 3.63) is 70.3 Å². The Balaban J connectivity index is 1.82. The largest absolute Gasteiger partial charge is 0.207 e. The molecule has 2 aromatic carbocycles. The Kier molecular flexibility index (Phi) is 5.32. The van der Waals surface area contributed by atoms with Gasteiger partial charge in [-0.1, -0.05) is 25.8 Å². The molecule has 4 heteroatoms. The van der Waals surface area contributed by atoms with Gasteiger partial charge >= 0.3 is 0 Å². The zero-order chi connectivity index (χ0) is 22.1. The van der Waals surface area contributed by atoms with Gasteiger partial charge in [0.05, 0.1) is 1.37 Å². The van der Waals surface area contributed by atoms with Gasteiger partial charge in [0.15, 0.2) is 11.6 Å². The van der Waals surface area contributed by atoms with Crippen LogP contribution in [0, 0.1) is 29.2 Å². The average Bonchev–Trinajstić information content (AvgIpc) is 2.68. The molecule has 0 spiro atoms. The molecule has 0 aromatic heterocycles. The van der Waals surface area contributed by atoms with Gasteiger partial charge in [0.1, 0.15) is 11.6 Å². The number of aryl methyl sites for hydroxylation is 1. The summed E-state index contributed by atoms with van der Waals surface area (Å²) in [4.78, 5) is 0. The van der Waals surface area contributed by atoms with E-state index in [2.05, 4.69) is 6.92 Å². The molecule has 0 radical (unpaired) electrons. The summed E-state index contributed by atoms with van der Waals surface area (Å²) in [6, 6.07) is 3.13. The van der Waals surface area contributed by atoms with Crippen LogP contribution in [-0.2, 0) is 12.8 Å². The molecule has 0 amide bonds. The molecule has 2 aromatic rings. The van der Waals surface area contributed by atoms with Crippen LogP contribution >= 0.6 is 0 Å². The van der Waals surface area contributed by atoms with Crippen molar-refractivity contribution >= 4 is 0 Å². The first-order valence-electron chi connectivity index (χ1n) is 11.1. The standard InChI is InChI=1S/C23H26F4/c1-2-3-15-4-8-17(9-5-15)18-13-21(25)19(22(26)14-18)10-6-16-7-11-20(24)23(27)12-16/h7,11-15,17H,2-6,8-10H2,1H3/t15-,17-/i6D2,7D. The highest BCUT2D eigenvalue weighted by Crippen LogP contribution is 2.38. The highest BCUT2D eigenvalue weighted by molar-refractivity contribution is 5.30. The lowest BCUT2D eigenvalue weighted by atomic mass is 9.77. The Bertz CT molecular complexity index is 883. The predicted octanol–water partition coefficient (Wildman–Crippen LogP) is 7.10. The molecule has 0 unspecified atom stereocenters. The lowest BCUT2D eigenvalue weighted by Crippen LogP contribution is -2.14. The second-order valence-electron chi connectivity index (χ2n) is 7.37. The van der Waals surface area contributed by atoms with E-state index in [1.165, 1.54) is 18.6 Å². The van der Waals surface area contributed by atoms with Gasteiger partial charge in [0.2, 0.25) is 0 Å². The van der Waals surface area contributed by atoms with Crippen molar-refractivity contribution in [2.45, 2.75) is 64.2 Å². The molecule has 0 N–H and O–H groups in total. The van der Waals surface area contributed by atoms with Crippen LogP contribution < -0.4 is 0 Å². The van der Waals surface area contributed by atoms with Gasteiger partial charge in [-0.2, -0.15) is 0 Å². The van der Waals surface area contributed by atoms with Crippen LogP contribution in [0.4, 0.5) is 17.6 Å². The quantitative estimate of drug-likeness (QED) is 0.468. The second-order valence-corrected chi connectivity index (χ2v) is 7.37. The summed E-state index contributed by atoms with van der Waals surface area (Å²) < 4.78 is 80.3. The Hall–Kier alpha value is -1.84. The monoisotopic (exact) mass is 381 g/mol. The van der Waals surface area contributed by atoms with Crippen molar-refractivity contribution in [3.63, 3.8) is 0 Å². The molecule has 0 aliphatic heterocycles. The first-order valence-corrected chi connectivity index (χ1v) is 9.56. The lowest BCUT2D eigenvalue weighted by Gasteiger charge is -2.29. The highest BCUT2D eigenvalue weighted by atomic mass is 19.2. The normalized spacial score (nSPS) is 22.2. The van der Waals surface area contributed by atoms with E-state index in [-0.39, 0.29) is 5.92 Å². The maximum Gasteiger partial charge on any atom is 0.159 e. The number of halogens is 4. The first-order chi connectivity index (χ1) is 14.1. The highest BCUT2D eigenvalue weighted by Gasteiger charge is 2.23. The molecule has 0 bridgehead atoms. The minimum absolute atomic E-state index is 0.0824. The zero-order valence-electron chi connectivity index (χ0n) is 18.4. The molecular formula is C23H26F4. The maximum absolute atomic E-state index is 14.8. The SMILES string of the molecule is [2H]c1cc(F)c(F)cc1C([2H])([2H])Cc1c(F)cc([C@H]2CC[C@H](CCC)CC2)cc1F. The molecular weight excluding hydrogens is 352 g/mol. The Morgan fingerprint density at radius 2 is 1.63 bits per heavy atom. The smallest absolute Gasteiger partial charge is 0.159 e. The third kappa shape index (κ3) is 4.91. The molecule has 0 nitrogen and oxygen atoms in total. The van der Waals surface area contributed by atoms with Gasteiger partial charge in [-0.05, 0) is 85.7 Å². The number of hydrogen-bond acceptors (Lipinski definition) is 0. The minimum Gasteiger partial charge on any atom is -0.207 e. The third-order valence-electron chi connectivity index (χ3n) is 5.49. The van der Waals surface area contributed by atoms with Crippen LogP contribution in [0.2, 0.25) is 0 Å². The summed E-state index contributed by atoms with van der Waals surface area (Å²) >= 11 is 0. The van der Waals surface area contributed by atoms with Crippen molar-refractivity contribution < 1.29 is 21.7 Å². The Labute approximate surface area is 162 Å². The van der Waals surface area contributed by atoms with E-state index >= 15 is 0 Å². The first kappa shape index (κ1) is 16.1. The molecule has 0 heterocycles. The van der Waals surface area contributed by atoms with Crippen LogP contribution in [0.1, 0.15) is 72.2 Å². The molecule has 0 atom stereocenters. The molecule has 1 aliphatic rings. The number of rotatable bonds is 6. The van der Waals surface area contributed by atoms with E-state index in [1.54, 1.807) is 0 Å². The van der Waals surface area contributed by atoms with Crippen molar-refractivity contribution in [2.24, 2.45) is 5.92 Å². The summed E-state index contributed by atoms with van der Waals surface area (Å²) in [6.45, 7) is 2.15. The zero-order valence-corrected chi connectivity index (χ0v) is 15.4. The van der Waals surface area contributed by atoms with Crippen LogP contribution in [0.5, 0.6) is 0 Å². The molecule has 1 fully saturated rings. The van der Waals surface area contributed by atoms with Crippen LogP contribution in [0.25, 0.3) is 0 Å². The van der Waals surface area contributed by atoms with E-state index in [4.69, 9.17) is 4.11 Å². The third-order valence-corrected chi connectivity index (χ3v) is 5.49. The summed E-state index contributed by atoms with van der Waals surface area (Å²) in [5, 5.41) is 0. The van der Waals surface area contributed by atoms with Crippen LogP contribution in [0.3, 0.4) is 0 Å². The van der Waals surface area contributed by atoms with Crippen LogP contribution in [-0.4, -0.2) is 0 Å². The summed E-state index contributed by atoms with van der Waals surface area (Å²) in [5.41, 5.74) is -0.315. The van der Waals surface area contributed by atoms with Crippen molar-refractivity contribution in [1.29, 1.82) is 0 Å². The van der Waals surface area contributed by atoms with Crippen LogP contribution in [0.15, 0.2) is 30.3 Å². The van der Waals surface area contributed by atoms with E-state index in [1.807, 2.05) is 0 Å². The summed E-state index contributed by atoms with van der Waals surface area (Å²) in [5.74, 6) is -3.52. The summed E-state index contributed by atoms with van der Waals surface area (Å²) in [7, 11) is 0. The van der Waals surface area contributed by atoms with E-state index in [9.17, 15) is 17.6 Å². The molecule has 3 rings (SSSR count). The molecule has 146 valence electrons. The van der Waals surface area contributed by atoms with Crippen molar-refractivity contribution in [1.82, 2.24) is 0 Å². The predicted molar refractivity (Wildman–Crippen MR) is 99.7 cm³/mol. The average molecular weight is 381 g/mol. The van der Waals surface area contributed by atoms with Crippen molar-refractivity contribution in [2.75, 3.05) is 0 Å². The number of benzene rings is 2. The lowest BCUT2D eigenvalue weighted by molar-refractivity contribution is 0.307. The van der Waals surface area contributed by atoms with Gasteiger partial charge in [-0.3, -0.25) is 0 Å². The molecule has 27 heavy (non-hydrogen) atoms. The van der Waals surface area contributed by atoms with Gasteiger partial charge < -0.3 is 0 Å². The van der Waals surface area contributed by atoms with Crippen molar-refractivity contribution in [3.8, 4) is 0 Å². The number of hydrogen-bond donors (Lipinski definition) is 0. The maximum atomic E-state index is 14.8. The second kappa shape index (κ2) is 8.90.